The number of halogens is 1. The van der Waals surface area contributed by atoms with Crippen molar-refractivity contribution in [3.8, 4) is 0 Å². The van der Waals surface area contributed by atoms with E-state index in [4.69, 9.17) is 5.73 Å². The fourth-order valence-electron chi connectivity index (χ4n) is 1.19. The Bertz CT molecular complexity index is 426. The van der Waals surface area contributed by atoms with E-state index in [2.05, 4.69) is 20.9 Å². The van der Waals surface area contributed by atoms with E-state index in [0.29, 0.717) is 5.82 Å². The summed E-state index contributed by atoms with van der Waals surface area (Å²) in [4.78, 5) is 4.10. The standard InChI is InChI=1S/C9H7BrN2/c10-8-5-6-3-1-2-4-7(6)9(11)12-8/h1-5H,(H2,11,12). The fourth-order valence-corrected chi connectivity index (χ4v) is 1.63. The number of pyridine rings is 1. The first kappa shape index (κ1) is 7.55. The van der Waals surface area contributed by atoms with Crippen molar-refractivity contribution in [3.63, 3.8) is 0 Å². The number of anilines is 1. The average Bonchev–Trinajstić information content (AvgIpc) is 2.04. The first-order valence-corrected chi connectivity index (χ1v) is 4.37. The zero-order chi connectivity index (χ0) is 8.55. The van der Waals surface area contributed by atoms with Crippen molar-refractivity contribution in [1.29, 1.82) is 0 Å². The van der Waals surface area contributed by atoms with E-state index >= 15 is 0 Å². The average molecular weight is 223 g/mol. The van der Waals surface area contributed by atoms with Gasteiger partial charge in [0.15, 0.2) is 0 Å². The molecule has 1 aromatic heterocycles. The number of rotatable bonds is 0. The monoisotopic (exact) mass is 222 g/mol. The van der Waals surface area contributed by atoms with Crippen molar-refractivity contribution >= 4 is 32.5 Å². The molecular formula is C9H7BrN2. The summed E-state index contributed by atoms with van der Waals surface area (Å²) in [5.74, 6) is 0.569. The number of hydrogen-bond donors (Lipinski definition) is 1. The van der Waals surface area contributed by atoms with Gasteiger partial charge in [0.2, 0.25) is 0 Å². The molecule has 0 bridgehead atoms. The van der Waals surface area contributed by atoms with Gasteiger partial charge in [-0.2, -0.15) is 0 Å². The quantitative estimate of drug-likeness (QED) is 0.697. The van der Waals surface area contributed by atoms with Crippen molar-refractivity contribution < 1.29 is 0 Å². The number of nitrogens with two attached hydrogens (primary N) is 1. The van der Waals surface area contributed by atoms with Gasteiger partial charge in [-0.25, -0.2) is 4.98 Å². The van der Waals surface area contributed by atoms with Gasteiger partial charge in [0, 0.05) is 5.39 Å². The lowest BCUT2D eigenvalue weighted by molar-refractivity contribution is 1.32. The lowest BCUT2D eigenvalue weighted by atomic mass is 10.2. The number of nitrogens with zero attached hydrogens (tertiary/aromatic N) is 1. The van der Waals surface area contributed by atoms with Gasteiger partial charge >= 0.3 is 0 Å². The third-order valence-corrected chi connectivity index (χ3v) is 2.14. The van der Waals surface area contributed by atoms with Crippen LogP contribution in [0.2, 0.25) is 0 Å². The number of benzene rings is 1. The van der Waals surface area contributed by atoms with E-state index in [1.54, 1.807) is 0 Å². The predicted molar refractivity (Wildman–Crippen MR) is 53.9 cm³/mol. The largest absolute Gasteiger partial charge is 0.383 e. The van der Waals surface area contributed by atoms with Gasteiger partial charge in [-0.05, 0) is 27.4 Å². The molecule has 0 atom stereocenters. The maximum absolute atomic E-state index is 5.72. The summed E-state index contributed by atoms with van der Waals surface area (Å²) >= 11 is 3.29. The van der Waals surface area contributed by atoms with E-state index in [9.17, 15) is 0 Å². The highest BCUT2D eigenvalue weighted by Gasteiger charge is 1.98. The van der Waals surface area contributed by atoms with E-state index in [1.807, 2.05) is 30.3 Å². The Morgan fingerprint density at radius 3 is 2.83 bits per heavy atom. The summed E-state index contributed by atoms with van der Waals surface area (Å²) < 4.78 is 0.777. The summed E-state index contributed by atoms with van der Waals surface area (Å²) in [5, 5.41) is 2.11. The summed E-state index contributed by atoms with van der Waals surface area (Å²) in [5.41, 5.74) is 5.72. The molecule has 1 aromatic carbocycles. The fraction of sp³-hybridized carbons (Fsp3) is 0. The Hall–Kier alpha value is -1.09. The minimum atomic E-state index is 0.569. The number of fused-ring (bicyclic) bond motifs is 1. The minimum Gasteiger partial charge on any atom is -0.383 e. The third-order valence-electron chi connectivity index (χ3n) is 1.74. The molecule has 2 nitrogen and oxygen atoms in total. The number of hydrogen-bond acceptors (Lipinski definition) is 2. The SMILES string of the molecule is Nc1nc(Br)cc2ccccc12. The maximum atomic E-state index is 5.72. The van der Waals surface area contributed by atoms with E-state index in [-0.39, 0.29) is 0 Å². The lowest BCUT2D eigenvalue weighted by Gasteiger charge is -2.00. The second-order valence-corrected chi connectivity index (χ2v) is 3.36. The van der Waals surface area contributed by atoms with Gasteiger partial charge in [-0.1, -0.05) is 24.3 Å². The van der Waals surface area contributed by atoms with Crippen LogP contribution in [0.5, 0.6) is 0 Å². The van der Waals surface area contributed by atoms with Crippen LogP contribution in [-0.2, 0) is 0 Å². The van der Waals surface area contributed by atoms with Gasteiger partial charge in [0.25, 0.3) is 0 Å². The number of aromatic nitrogens is 1. The highest BCUT2D eigenvalue weighted by atomic mass is 79.9. The molecule has 0 radical (unpaired) electrons. The van der Waals surface area contributed by atoms with Crippen LogP contribution in [0, 0.1) is 0 Å². The van der Waals surface area contributed by atoms with Crippen LogP contribution in [0.4, 0.5) is 5.82 Å². The lowest BCUT2D eigenvalue weighted by Crippen LogP contribution is -1.91. The molecule has 2 aromatic rings. The molecule has 1 heterocycles. The van der Waals surface area contributed by atoms with Crippen LogP contribution in [0.1, 0.15) is 0 Å². The zero-order valence-electron chi connectivity index (χ0n) is 6.29. The number of nitrogen functional groups attached to an aromatic ring is 1. The van der Waals surface area contributed by atoms with Crippen LogP contribution in [0.25, 0.3) is 10.8 Å². The Morgan fingerprint density at radius 1 is 1.25 bits per heavy atom. The smallest absolute Gasteiger partial charge is 0.132 e. The molecule has 0 aliphatic rings. The Kier molecular flexibility index (Phi) is 1.73. The summed E-state index contributed by atoms with van der Waals surface area (Å²) in [6, 6.07) is 9.86. The minimum absolute atomic E-state index is 0.569. The molecule has 60 valence electrons. The van der Waals surface area contributed by atoms with Crippen LogP contribution < -0.4 is 5.73 Å². The van der Waals surface area contributed by atoms with Gasteiger partial charge < -0.3 is 5.73 Å². The summed E-state index contributed by atoms with van der Waals surface area (Å²) in [7, 11) is 0. The van der Waals surface area contributed by atoms with Gasteiger partial charge in [-0.3, -0.25) is 0 Å². The molecule has 0 saturated heterocycles. The Labute approximate surface area is 78.5 Å². The summed E-state index contributed by atoms with van der Waals surface area (Å²) in [6.07, 6.45) is 0. The molecule has 0 spiro atoms. The third kappa shape index (κ3) is 1.16. The van der Waals surface area contributed by atoms with E-state index in [1.165, 1.54) is 0 Å². The second kappa shape index (κ2) is 2.75. The first-order valence-electron chi connectivity index (χ1n) is 3.58. The highest BCUT2D eigenvalue weighted by molar-refractivity contribution is 9.10. The first-order chi connectivity index (χ1) is 5.77. The molecule has 0 saturated carbocycles. The molecule has 0 aliphatic heterocycles. The van der Waals surface area contributed by atoms with Crippen molar-refractivity contribution in [2.24, 2.45) is 0 Å². The predicted octanol–water partition coefficient (Wildman–Crippen LogP) is 2.58. The normalized spacial score (nSPS) is 10.4. The molecular weight excluding hydrogens is 216 g/mol. The van der Waals surface area contributed by atoms with Gasteiger partial charge in [-0.15, -0.1) is 0 Å². The summed E-state index contributed by atoms with van der Waals surface area (Å²) in [6.45, 7) is 0. The highest BCUT2D eigenvalue weighted by Crippen LogP contribution is 2.22. The second-order valence-electron chi connectivity index (χ2n) is 2.55. The molecule has 2 N–H and O–H groups in total. The van der Waals surface area contributed by atoms with Gasteiger partial charge in [0.1, 0.15) is 10.4 Å². The van der Waals surface area contributed by atoms with Crippen molar-refractivity contribution in [2.75, 3.05) is 5.73 Å². The molecule has 3 heteroatoms. The van der Waals surface area contributed by atoms with Crippen molar-refractivity contribution in [3.05, 3.63) is 34.9 Å². The topological polar surface area (TPSA) is 38.9 Å². The maximum Gasteiger partial charge on any atom is 0.132 e. The molecule has 12 heavy (non-hydrogen) atoms. The zero-order valence-corrected chi connectivity index (χ0v) is 7.88. The molecule has 0 amide bonds. The molecule has 0 unspecified atom stereocenters. The van der Waals surface area contributed by atoms with Crippen molar-refractivity contribution in [1.82, 2.24) is 4.98 Å². The van der Waals surface area contributed by atoms with Gasteiger partial charge in [0.05, 0.1) is 0 Å². The van der Waals surface area contributed by atoms with E-state index in [0.717, 1.165) is 15.4 Å². The Balaban J connectivity index is 2.89. The molecule has 0 aliphatic carbocycles. The van der Waals surface area contributed by atoms with Crippen molar-refractivity contribution in [2.45, 2.75) is 0 Å². The molecule has 2 rings (SSSR count). The van der Waals surface area contributed by atoms with Crippen LogP contribution in [0.15, 0.2) is 34.9 Å². The van der Waals surface area contributed by atoms with Crippen LogP contribution >= 0.6 is 15.9 Å². The van der Waals surface area contributed by atoms with Crippen LogP contribution in [0.3, 0.4) is 0 Å². The Morgan fingerprint density at radius 2 is 2.00 bits per heavy atom. The molecule has 0 fully saturated rings. The van der Waals surface area contributed by atoms with Crippen LogP contribution in [-0.4, -0.2) is 4.98 Å². The van der Waals surface area contributed by atoms with E-state index < -0.39 is 0 Å².